The molecule has 0 aliphatic carbocycles. The van der Waals surface area contributed by atoms with Gasteiger partial charge in [-0.3, -0.25) is 0 Å². The number of hydrogen-bond acceptors (Lipinski definition) is 5. The molecule has 9 heteroatoms. The molecule has 23 heavy (non-hydrogen) atoms. The van der Waals surface area contributed by atoms with Gasteiger partial charge in [0.2, 0.25) is 15.0 Å². The Bertz CT molecular complexity index is 972. The fourth-order valence-electron chi connectivity index (χ4n) is 2.02. The van der Waals surface area contributed by atoms with Crippen molar-refractivity contribution >= 4 is 33.0 Å². The molecular formula is C14H10Cl2N4O2S. The Morgan fingerprint density at radius 3 is 2.52 bits per heavy atom. The lowest BCUT2D eigenvalue weighted by atomic mass is 10.1. The Morgan fingerprint density at radius 2 is 1.91 bits per heavy atom. The van der Waals surface area contributed by atoms with Crippen molar-refractivity contribution < 1.29 is 8.42 Å². The molecule has 0 aliphatic rings. The van der Waals surface area contributed by atoms with Gasteiger partial charge in [-0.2, -0.15) is 0 Å². The van der Waals surface area contributed by atoms with Crippen molar-refractivity contribution in [2.45, 2.75) is 5.16 Å². The van der Waals surface area contributed by atoms with E-state index in [2.05, 4.69) is 19.9 Å². The fourth-order valence-corrected chi connectivity index (χ4v) is 3.02. The van der Waals surface area contributed by atoms with E-state index in [1.54, 1.807) is 30.6 Å². The van der Waals surface area contributed by atoms with Gasteiger partial charge in [-0.15, -0.1) is 0 Å². The molecule has 0 amide bonds. The Morgan fingerprint density at radius 1 is 1.13 bits per heavy atom. The summed E-state index contributed by atoms with van der Waals surface area (Å²) in [7, 11) is -3.56. The highest BCUT2D eigenvalue weighted by Crippen LogP contribution is 2.34. The van der Waals surface area contributed by atoms with Gasteiger partial charge >= 0.3 is 0 Å². The van der Waals surface area contributed by atoms with Crippen LogP contribution in [-0.2, 0) is 9.84 Å². The largest absolute Gasteiger partial charge is 0.345 e. The Balaban J connectivity index is 2.31. The Kier molecular flexibility index (Phi) is 4.09. The quantitative estimate of drug-likeness (QED) is 0.716. The molecule has 0 saturated heterocycles. The predicted molar refractivity (Wildman–Crippen MR) is 88.2 cm³/mol. The van der Waals surface area contributed by atoms with Crippen LogP contribution in [0.1, 0.15) is 0 Å². The monoisotopic (exact) mass is 368 g/mol. The van der Waals surface area contributed by atoms with Crippen LogP contribution < -0.4 is 0 Å². The molecule has 0 aliphatic heterocycles. The van der Waals surface area contributed by atoms with Gasteiger partial charge in [-0.1, -0.05) is 23.2 Å². The molecule has 1 aromatic carbocycles. The van der Waals surface area contributed by atoms with Gasteiger partial charge in [0.15, 0.2) is 0 Å². The van der Waals surface area contributed by atoms with Crippen LogP contribution in [0.25, 0.3) is 22.6 Å². The summed E-state index contributed by atoms with van der Waals surface area (Å²) in [6, 6.07) is 4.88. The number of H-pyrrole nitrogens is 1. The van der Waals surface area contributed by atoms with Gasteiger partial charge in [0.25, 0.3) is 0 Å². The van der Waals surface area contributed by atoms with Crippen molar-refractivity contribution in [3.8, 4) is 22.6 Å². The maximum atomic E-state index is 11.8. The van der Waals surface area contributed by atoms with Crippen LogP contribution in [-0.4, -0.2) is 34.6 Å². The molecule has 0 unspecified atom stereocenters. The average molecular weight is 369 g/mol. The van der Waals surface area contributed by atoms with Crippen LogP contribution in [0.4, 0.5) is 0 Å². The molecule has 0 radical (unpaired) electrons. The second-order valence-electron chi connectivity index (χ2n) is 4.75. The average Bonchev–Trinajstić information content (AvgIpc) is 3.00. The minimum absolute atomic E-state index is 0.283. The first-order valence-corrected chi connectivity index (χ1v) is 9.03. The van der Waals surface area contributed by atoms with Crippen molar-refractivity contribution in [2.75, 3.05) is 6.26 Å². The third-order valence-electron chi connectivity index (χ3n) is 3.04. The molecular weight excluding hydrogens is 359 g/mol. The van der Waals surface area contributed by atoms with Crippen molar-refractivity contribution in [1.82, 2.24) is 19.9 Å². The van der Waals surface area contributed by atoms with Crippen molar-refractivity contribution in [3.63, 3.8) is 0 Å². The zero-order chi connectivity index (χ0) is 16.6. The maximum Gasteiger partial charge on any atom is 0.247 e. The number of nitrogens with one attached hydrogen (secondary N) is 1. The van der Waals surface area contributed by atoms with E-state index in [0.717, 1.165) is 6.26 Å². The molecule has 118 valence electrons. The van der Waals surface area contributed by atoms with Gasteiger partial charge in [0.1, 0.15) is 5.82 Å². The second-order valence-corrected chi connectivity index (χ2v) is 7.50. The molecule has 3 rings (SSSR count). The zero-order valence-corrected chi connectivity index (χ0v) is 14.1. The number of rotatable bonds is 3. The first kappa shape index (κ1) is 15.9. The van der Waals surface area contributed by atoms with Gasteiger partial charge in [-0.25, -0.2) is 23.4 Å². The molecule has 0 spiro atoms. The molecule has 2 aromatic heterocycles. The van der Waals surface area contributed by atoms with Crippen LogP contribution in [0, 0.1) is 0 Å². The highest BCUT2D eigenvalue weighted by Gasteiger charge is 2.19. The van der Waals surface area contributed by atoms with Crippen LogP contribution in [0.5, 0.6) is 0 Å². The molecule has 0 atom stereocenters. The van der Waals surface area contributed by atoms with Gasteiger partial charge < -0.3 is 4.98 Å². The Hall–Kier alpha value is -1.96. The fraction of sp³-hybridized carbons (Fsp3) is 0.0714. The van der Waals surface area contributed by atoms with Crippen molar-refractivity contribution in [3.05, 3.63) is 46.8 Å². The highest BCUT2D eigenvalue weighted by atomic mass is 35.5. The Labute approximate surface area is 142 Å². The first-order chi connectivity index (χ1) is 10.9. The van der Waals surface area contributed by atoms with Crippen molar-refractivity contribution in [2.24, 2.45) is 0 Å². The molecule has 2 heterocycles. The second kappa shape index (κ2) is 5.92. The number of nitrogens with zero attached hydrogens (tertiary/aromatic N) is 3. The summed E-state index contributed by atoms with van der Waals surface area (Å²) >= 11 is 12.2. The SMILES string of the molecule is CS(=O)(=O)c1ncc(-c2ncc[nH]2)c(-c2ccc(Cl)cc2Cl)n1. The van der Waals surface area contributed by atoms with E-state index in [1.165, 1.54) is 6.20 Å². The van der Waals surface area contributed by atoms with Gasteiger partial charge in [-0.05, 0) is 18.2 Å². The molecule has 0 bridgehead atoms. The topological polar surface area (TPSA) is 88.6 Å². The normalized spacial score (nSPS) is 11.6. The van der Waals surface area contributed by atoms with E-state index in [4.69, 9.17) is 23.2 Å². The van der Waals surface area contributed by atoms with Crippen LogP contribution in [0.3, 0.4) is 0 Å². The van der Waals surface area contributed by atoms with Gasteiger partial charge in [0.05, 0.1) is 16.3 Å². The van der Waals surface area contributed by atoms with Crippen LogP contribution in [0.2, 0.25) is 10.0 Å². The van der Waals surface area contributed by atoms with E-state index in [0.29, 0.717) is 32.7 Å². The third kappa shape index (κ3) is 3.21. The summed E-state index contributed by atoms with van der Waals surface area (Å²) in [5.41, 5.74) is 1.43. The lowest BCUT2D eigenvalue weighted by molar-refractivity contribution is 0.593. The summed E-state index contributed by atoms with van der Waals surface area (Å²) in [5, 5.41) is 0.535. The number of benzene rings is 1. The van der Waals surface area contributed by atoms with E-state index in [-0.39, 0.29) is 5.16 Å². The number of hydrogen-bond donors (Lipinski definition) is 1. The number of aromatic amines is 1. The van der Waals surface area contributed by atoms with Crippen molar-refractivity contribution in [1.29, 1.82) is 0 Å². The lowest BCUT2D eigenvalue weighted by Gasteiger charge is -2.10. The van der Waals surface area contributed by atoms with Crippen LogP contribution in [0.15, 0.2) is 41.9 Å². The molecule has 1 N–H and O–H groups in total. The number of sulfone groups is 1. The van der Waals surface area contributed by atoms with E-state index < -0.39 is 9.84 Å². The summed E-state index contributed by atoms with van der Waals surface area (Å²) in [6.07, 6.45) is 5.67. The predicted octanol–water partition coefficient (Wildman–Crippen LogP) is 3.24. The zero-order valence-electron chi connectivity index (χ0n) is 11.8. The summed E-state index contributed by atoms with van der Waals surface area (Å²) in [6.45, 7) is 0. The first-order valence-electron chi connectivity index (χ1n) is 6.38. The van der Waals surface area contributed by atoms with E-state index in [9.17, 15) is 8.42 Å². The number of imidazole rings is 1. The number of halogens is 2. The maximum absolute atomic E-state index is 11.8. The minimum atomic E-state index is -3.56. The van der Waals surface area contributed by atoms with E-state index in [1.807, 2.05) is 0 Å². The minimum Gasteiger partial charge on any atom is -0.345 e. The summed E-state index contributed by atoms with van der Waals surface area (Å²) < 4.78 is 23.5. The summed E-state index contributed by atoms with van der Waals surface area (Å²) in [5.74, 6) is 0.506. The van der Waals surface area contributed by atoms with E-state index >= 15 is 0 Å². The molecule has 0 saturated carbocycles. The molecule has 3 aromatic rings. The lowest BCUT2D eigenvalue weighted by Crippen LogP contribution is -2.06. The number of aromatic nitrogens is 4. The van der Waals surface area contributed by atoms with Crippen LogP contribution >= 0.6 is 23.2 Å². The van der Waals surface area contributed by atoms with Gasteiger partial charge in [0, 0.05) is 35.4 Å². The molecule has 0 fully saturated rings. The highest BCUT2D eigenvalue weighted by molar-refractivity contribution is 7.90. The standard InChI is InChI=1S/C14H10Cl2N4O2S/c1-23(21,22)14-19-7-10(13-17-4-5-18-13)12(20-14)9-3-2-8(15)6-11(9)16/h2-7H,1H3,(H,17,18). The molecule has 6 nitrogen and oxygen atoms in total. The summed E-state index contributed by atoms with van der Waals surface area (Å²) in [4.78, 5) is 15.2. The third-order valence-corrected chi connectivity index (χ3v) is 4.45. The smallest absolute Gasteiger partial charge is 0.247 e.